The molecule has 2 aromatic rings. The van der Waals surface area contributed by atoms with Gasteiger partial charge in [0.15, 0.2) is 11.5 Å². The van der Waals surface area contributed by atoms with Crippen molar-refractivity contribution in [3.8, 4) is 11.5 Å². The van der Waals surface area contributed by atoms with Crippen molar-refractivity contribution < 1.29 is 17.9 Å². The first-order valence-corrected chi connectivity index (χ1v) is 10.2. The van der Waals surface area contributed by atoms with Crippen LogP contribution in [0.3, 0.4) is 0 Å². The summed E-state index contributed by atoms with van der Waals surface area (Å²) in [6.45, 7) is 7.12. The second kappa shape index (κ2) is 7.29. The van der Waals surface area contributed by atoms with E-state index in [1.165, 1.54) is 6.07 Å². The van der Waals surface area contributed by atoms with Gasteiger partial charge in [-0.1, -0.05) is 51.1 Å². The molecule has 2 aromatic carbocycles. The summed E-state index contributed by atoms with van der Waals surface area (Å²) in [6.07, 6.45) is 0.773. The maximum Gasteiger partial charge on any atom is 0.241 e. The van der Waals surface area contributed by atoms with E-state index in [0.717, 1.165) is 12.0 Å². The molecule has 0 saturated heterocycles. The highest BCUT2D eigenvalue weighted by Gasteiger charge is 2.31. The van der Waals surface area contributed by atoms with Crippen LogP contribution in [0.5, 0.6) is 11.5 Å². The first kappa shape index (κ1) is 18.7. The van der Waals surface area contributed by atoms with Crippen LogP contribution in [0.2, 0.25) is 0 Å². The molecule has 0 aromatic heterocycles. The van der Waals surface area contributed by atoms with Gasteiger partial charge in [0.2, 0.25) is 10.0 Å². The average Bonchev–Trinajstić information content (AvgIpc) is 2.84. The van der Waals surface area contributed by atoms with Gasteiger partial charge in [-0.3, -0.25) is 0 Å². The third kappa shape index (κ3) is 4.19. The lowest BCUT2D eigenvalue weighted by molar-refractivity contribution is 0.296. The number of hydrogen-bond donors (Lipinski definition) is 1. The Morgan fingerprint density at radius 1 is 0.962 bits per heavy atom. The van der Waals surface area contributed by atoms with Crippen LogP contribution in [0.1, 0.15) is 38.8 Å². The minimum atomic E-state index is -3.72. The van der Waals surface area contributed by atoms with E-state index in [-0.39, 0.29) is 16.4 Å². The van der Waals surface area contributed by atoms with E-state index in [4.69, 9.17) is 9.47 Å². The Labute approximate surface area is 155 Å². The maximum atomic E-state index is 13.0. The maximum absolute atomic E-state index is 13.0. The molecule has 26 heavy (non-hydrogen) atoms. The van der Waals surface area contributed by atoms with Crippen molar-refractivity contribution in [1.82, 2.24) is 4.72 Å². The molecule has 0 unspecified atom stereocenters. The van der Waals surface area contributed by atoms with E-state index in [1.807, 2.05) is 51.1 Å². The normalized spacial score (nSPS) is 16.0. The summed E-state index contributed by atoms with van der Waals surface area (Å²) in [5.41, 5.74) is 0.637. The molecule has 3 rings (SSSR count). The summed E-state index contributed by atoms with van der Waals surface area (Å²) in [4.78, 5) is 0.173. The number of fused-ring (bicyclic) bond motifs is 1. The van der Waals surface area contributed by atoms with Gasteiger partial charge in [-0.05, 0) is 23.1 Å². The van der Waals surface area contributed by atoms with Crippen LogP contribution < -0.4 is 14.2 Å². The van der Waals surface area contributed by atoms with Crippen LogP contribution >= 0.6 is 0 Å². The van der Waals surface area contributed by atoms with E-state index in [9.17, 15) is 8.42 Å². The largest absolute Gasteiger partial charge is 0.490 e. The summed E-state index contributed by atoms with van der Waals surface area (Å²) >= 11 is 0. The average molecular weight is 375 g/mol. The van der Waals surface area contributed by atoms with Gasteiger partial charge in [0, 0.05) is 12.5 Å². The molecule has 6 heteroatoms. The highest BCUT2D eigenvalue weighted by atomic mass is 32.2. The number of benzene rings is 2. The molecule has 1 atom stereocenters. The van der Waals surface area contributed by atoms with Gasteiger partial charge in [-0.25, -0.2) is 13.1 Å². The lowest BCUT2D eigenvalue weighted by Gasteiger charge is -2.31. The Kier molecular flexibility index (Phi) is 5.25. The number of hydrogen-bond acceptors (Lipinski definition) is 4. The van der Waals surface area contributed by atoms with E-state index < -0.39 is 10.0 Å². The van der Waals surface area contributed by atoms with E-state index in [1.54, 1.807) is 12.1 Å². The van der Waals surface area contributed by atoms with Gasteiger partial charge in [-0.2, -0.15) is 0 Å². The number of rotatable bonds is 4. The van der Waals surface area contributed by atoms with Crippen molar-refractivity contribution in [3.05, 3.63) is 54.1 Å². The topological polar surface area (TPSA) is 64.6 Å². The van der Waals surface area contributed by atoms with Crippen molar-refractivity contribution >= 4 is 10.0 Å². The molecular formula is C20H25NO4S. The molecule has 0 amide bonds. The third-order valence-corrected chi connectivity index (χ3v) is 5.72. The van der Waals surface area contributed by atoms with E-state index in [2.05, 4.69) is 4.72 Å². The molecule has 140 valence electrons. The molecule has 5 nitrogen and oxygen atoms in total. The zero-order valence-corrected chi connectivity index (χ0v) is 16.2. The first-order valence-electron chi connectivity index (χ1n) is 8.74. The fraction of sp³-hybridized carbons (Fsp3) is 0.400. The van der Waals surface area contributed by atoms with E-state index >= 15 is 0 Å². The quantitative estimate of drug-likeness (QED) is 0.880. The van der Waals surface area contributed by atoms with Crippen LogP contribution in [-0.2, 0) is 10.0 Å². The summed E-state index contributed by atoms with van der Waals surface area (Å²) in [5, 5.41) is 0. The zero-order valence-electron chi connectivity index (χ0n) is 15.4. The number of sulfonamides is 1. The van der Waals surface area contributed by atoms with Crippen LogP contribution in [0, 0.1) is 5.41 Å². The Hall–Kier alpha value is -2.05. The summed E-state index contributed by atoms with van der Waals surface area (Å²) in [5.74, 6) is 1.05. The smallest absolute Gasteiger partial charge is 0.241 e. The lowest BCUT2D eigenvalue weighted by Crippen LogP contribution is -2.36. The highest BCUT2D eigenvalue weighted by molar-refractivity contribution is 7.89. The van der Waals surface area contributed by atoms with Crippen molar-refractivity contribution in [1.29, 1.82) is 0 Å². The van der Waals surface area contributed by atoms with Crippen LogP contribution in [0.15, 0.2) is 53.4 Å². The summed E-state index contributed by atoms with van der Waals surface area (Å²) < 4.78 is 40.1. The second-order valence-electron chi connectivity index (χ2n) is 7.49. The minimum absolute atomic E-state index is 0.173. The molecule has 1 aliphatic rings. The Morgan fingerprint density at radius 2 is 1.62 bits per heavy atom. The Bertz CT molecular complexity index is 857. The zero-order chi connectivity index (χ0) is 18.8. The molecule has 0 aliphatic carbocycles. The molecule has 1 heterocycles. The van der Waals surface area contributed by atoms with Gasteiger partial charge >= 0.3 is 0 Å². The van der Waals surface area contributed by atoms with E-state index in [0.29, 0.717) is 24.7 Å². The lowest BCUT2D eigenvalue weighted by atomic mass is 9.83. The second-order valence-corrected chi connectivity index (χ2v) is 9.20. The molecule has 0 radical (unpaired) electrons. The standard InChI is InChI=1S/C20H25NO4S/c1-20(2,3)19(15-8-5-4-6-9-15)21-26(22,23)16-10-11-17-18(14-16)25-13-7-12-24-17/h4-6,8-11,14,19,21H,7,12-13H2,1-3H3/t19-/m0/s1. The number of nitrogens with one attached hydrogen (secondary N) is 1. The molecule has 0 saturated carbocycles. The van der Waals surface area contributed by atoms with Gasteiger partial charge in [-0.15, -0.1) is 0 Å². The highest BCUT2D eigenvalue weighted by Crippen LogP contribution is 2.36. The van der Waals surface area contributed by atoms with Gasteiger partial charge in [0.25, 0.3) is 0 Å². The molecular weight excluding hydrogens is 350 g/mol. The SMILES string of the molecule is CC(C)(C)[C@@H](NS(=O)(=O)c1ccc2c(c1)OCCCO2)c1ccccc1. The monoisotopic (exact) mass is 375 g/mol. The van der Waals surface area contributed by atoms with Gasteiger partial charge in [0.05, 0.1) is 24.2 Å². The Balaban J connectivity index is 1.93. The van der Waals surface area contributed by atoms with Gasteiger partial charge < -0.3 is 9.47 Å². The van der Waals surface area contributed by atoms with Crippen molar-refractivity contribution in [2.75, 3.05) is 13.2 Å². The van der Waals surface area contributed by atoms with Crippen molar-refractivity contribution in [3.63, 3.8) is 0 Å². The number of ether oxygens (including phenoxy) is 2. The molecule has 0 bridgehead atoms. The summed E-state index contributed by atoms with van der Waals surface area (Å²) in [6, 6.07) is 14.0. The van der Waals surface area contributed by atoms with Crippen molar-refractivity contribution in [2.45, 2.75) is 38.1 Å². The van der Waals surface area contributed by atoms with Crippen LogP contribution in [-0.4, -0.2) is 21.6 Å². The van der Waals surface area contributed by atoms with Crippen LogP contribution in [0.4, 0.5) is 0 Å². The first-order chi connectivity index (χ1) is 12.3. The summed E-state index contributed by atoms with van der Waals surface area (Å²) in [7, 11) is -3.72. The van der Waals surface area contributed by atoms with Crippen LogP contribution in [0.25, 0.3) is 0 Å². The van der Waals surface area contributed by atoms with Gasteiger partial charge in [0.1, 0.15) is 0 Å². The molecule has 0 spiro atoms. The fourth-order valence-corrected chi connectivity index (χ4v) is 4.37. The molecule has 1 aliphatic heterocycles. The Morgan fingerprint density at radius 3 is 2.27 bits per heavy atom. The predicted molar refractivity (Wildman–Crippen MR) is 101 cm³/mol. The minimum Gasteiger partial charge on any atom is -0.490 e. The molecule has 1 N–H and O–H groups in total. The predicted octanol–water partition coefficient (Wildman–Crippen LogP) is 3.91. The third-order valence-electron chi connectivity index (χ3n) is 4.30. The molecule has 0 fully saturated rings. The van der Waals surface area contributed by atoms with Crippen molar-refractivity contribution in [2.24, 2.45) is 5.41 Å². The fourth-order valence-electron chi connectivity index (χ4n) is 2.92.